The molecule has 1 atom stereocenters. The third kappa shape index (κ3) is 3.74. The van der Waals surface area contributed by atoms with Crippen LogP contribution < -0.4 is 5.32 Å². The number of carbonyl (C=O) groups is 1. The molecule has 1 fully saturated rings. The molecule has 1 aliphatic rings. The standard InChI is InChI=1S/C22H18F4N6O2/c1-12-15(24)4-3-14(19(12)32-28-7-8-29-32)20(33)31-9-6-22(25,26)18(31)11-27-21-30-16-10-13(23)2-5-17(16)34-21/h2-5,7-8,10,18H,6,9,11H2,1H3,(H,27,30)/t18-/m1/s1. The monoisotopic (exact) mass is 474 g/mol. The molecule has 1 amide bonds. The highest BCUT2D eigenvalue weighted by Gasteiger charge is 2.51. The Bertz CT molecular complexity index is 1370. The van der Waals surface area contributed by atoms with E-state index in [1.54, 1.807) is 0 Å². The Balaban J connectivity index is 1.44. The van der Waals surface area contributed by atoms with Crippen LogP contribution in [0.1, 0.15) is 22.3 Å². The zero-order valence-electron chi connectivity index (χ0n) is 17.8. The number of halogens is 4. The fraction of sp³-hybridized carbons (Fsp3) is 0.273. The molecule has 0 radical (unpaired) electrons. The maximum Gasteiger partial charge on any atom is 0.295 e. The van der Waals surface area contributed by atoms with Gasteiger partial charge in [0, 0.05) is 31.1 Å². The van der Waals surface area contributed by atoms with E-state index >= 15 is 0 Å². The van der Waals surface area contributed by atoms with Crippen molar-refractivity contribution in [2.45, 2.75) is 25.3 Å². The number of anilines is 1. The van der Waals surface area contributed by atoms with Gasteiger partial charge in [-0.2, -0.15) is 20.0 Å². The minimum atomic E-state index is -3.19. The van der Waals surface area contributed by atoms with Gasteiger partial charge >= 0.3 is 0 Å². The largest absolute Gasteiger partial charge is 0.424 e. The molecule has 4 aromatic rings. The van der Waals surface area contributed by atoms with Gasteiger partial charge in [-0.05, 0) is 31.2 Å². The van der Waals surface area contributed by atoms with E-state index in [1.807, 2.05) is 0 Å². The van der Waals surface area contributed by atoms with Gasteiger partial charge < -0.3 is 14.6 Å². The maximum atomic E-state index is 14.8. The molecule has 12 heteroatoms. The quantitative estimate of drug-likeness (QED) is 0.441. The first kappa shape index (κ1) is 21.9. The van der Waals surface area contributed by atoms with Gasteiger partial charge in [-0.25, -0.2) is 17.6 Å². The van der Waals surface area contributed by atoms with Crippen LogP contribution in [0.5, 0.6) is 0 Å². The van der Waals surface area contributed by atoms with E-state index in [4.69, 9.17) is 4.42 Å². The fourth-order valence-corrected chi connectivity index (χ4v) is 4.07. The van der Waals surface area contributed by atoms with Crippen molar-refractivity contribution < 1.29 is 26.8 Å². The topological polar surface area (TPSA) is 89.1 Å². The number of alkyl halides is 2. The molecule has 0 bridgehead atoms. The molecule has 34 heavy (non-hydrogen) atoms. The van der Waals surface area contributed by atoms with Crippen molar-refractivity contribution in [3.05, 3.63) is 65.5 Å². The lowest BCUT2D eigenvalue weighted by molar-refractivity contribution is -0.0249. The fourth-order valence-electron chi connectivity index (χ4n) is 4.07. The van der Waals surface area contributed by atoms with Gasteiger partial charge in [0.1, 0.15) is 28.9 Å². The first-order valence-corrected chi connectivity index (χ1v) is 10.4. The second kappa shape index (κ2) is 8.12. The van der Waals surface area contributed by atoms with Crippen LogP contribution in [0.4, 0.5) is 23.6 Å². The number of hydrogen-bond acceptors (Lipinski definition) is 6. The average molecular weight is 474 g/mol. The summed E-state index contributed by atoms with van der Waals surface area (Å²) < 4.78 is 62.6. The van der Waals surface area contributed by atoms with Crippen molar-refractivity contribution in [1.29, 1.82) is 0 Å². The summed E-state index contributed by atoms with van der Waals surface area (Å²) in [6.45, 7) is 0.876. The first-order chi connectivity index (χ1) is 16.2. The number of rotatable bonds is 5. The van der Waals surface area contributed by atoms with Gasteiger partial charge in [0.15, 0.2) is 5.58 Å². The summed E-state index contributed by atoms with van der Waals surface area (Å²) in [5.74, 6) is -5.00. The number of fused-ring (bicyclic) bond motifs is 1. The second-order valence-electron chi connectivity index (χ2n) is 7.92. The Kier molecular flexibility index (Phi) is 5.22. The molecule has 2 aromatic heterocycles. The zero-order valence-corrected chi connectivity index (χ0v) is 17.8. The second-order valence-corrected chi connectivity index (χ2v) is 7.92. The number of nitrogens with one attached hydrogen (secondary N) is 1. The van der Waals surface area contributed by atoms with Crippen LogP contribution in [-0.2, 0) is 0 Å². The molecule has 0 spiro atoms. The lowest BCUT2D eigenvalue weighted by Gasteiger charge is -2.28. The molecule has 1 saturated heterocycles. The lowest BCUT2D eigenvalue weighted by Crippen LogP contribution is -2.47. The Morgan fingerprint density at radius 2 is 1.97 bits per heavy atom. The number of nitrogens with zero attached hydrogens (tertiary/aromatic N) is 5. The van der Waals surface area contributed by atoms with Crippen LogP contribution in [0.15, 0.2) is 47.1 Å². The first-order valence-electron chi connectivity index (χ1n) is 10.4. The predicted molar refractivity (Wildman–Crippen MR) is 113 cm³/mol. The summed E-state index contributed by atoms with van der Waals surface area (Å²) >= 11 is 0. The normalized spacial score (nSPS) is 17.4. The van der Waals surface area contributed by atoms with Crippen LogP contribution in [0.25, 0.3) is 16.8 Å². The summed E-state index contributed by atoms with van der Waals surface area (Å²) in [6.07, 6.45) is 2.18. The molecule has 5 rings (SSSR count). The molecular weight excluding hydrogens is 456 g/mol. The van der Waals surface area contributed by atoms with E-state index in [2.05, 4.69) is 20.5 Å². The van der Waals surface area contributed by atoms with E-state index in [1.165, 1.54) is 37.5 Å². The maximum absolute atomic E-state index is 14.8. The highest BCUT2D eigenvalue weighted by molar-refractivity contribution is 5.98. The van der Waals surface area contributed by atoms with Crippen molar-refractivity contribution in [2.75, 3.05) is 18.4 Å². The van der Waals surface area contributed by atoms with Gasteiger partial charge in [-0.1, -0.05) is 0 Å². The number of likely N-dealkylation sites (tertiary alicyclic amines) is 1. The molecule has 176 valence electrons. The summed E-state index contributed by atoms with van der Waals surface area (Å²) in [5, 5.41) is 10.6. The van der Waals surface area contributed by atoms with Gasteiger partial charge in [0.25, 0.3) is 17.8 Å². The summed E-state index contributed by atoms with van der Waals surface area (Å²) in [4.78, 5) is 19.6. The number of carbonyl (C=O) groups excluding carboxylic acids is 1. The number of aromatic nitrogens is 4. The summed E-state index contributed by atoms with van der Waals surface area (Å²) in [6, 6.07) is 4.47. The van der Waals surface area contributed by atoms with Crippen molar-refractivity contribution >= 4 is 23.0 Å². The van der Waals surface area contributed by atoms with E-state index in [0.29, 0.717) is 0 Å². The zero-order chi connectivity index (χ0) is 24.0. The Hall–Kier alpha value is -3.96. The minimum absolute atomic E-state index is 0.00450. The van der Waals surface area contributed by atoms with E-state index < -0.39 is 35.9 Å². The van der Waals surface area contributed by atoms with E-state index in [0.717, 1.165) is 21.8 Å². The molecule has 0 saturated carbocycles. The summed E-state index contributed by atoms with van der Waals surface area (Å²) in [5.41, 5.74) is 0.703. The van der Waals surface area contributed by atoms with Gasteiger partial charge in [0.2, 0.25) is 0 Å². The highest BCUT2D eigenvalue weighted by Crippen LogP contribution is 2.36. The molecule has 8 nitrogen and oxygen atoms in total. The van der Waals surface area contributed by atoms with Crippen molar-refractivity contribution in [3.63, 3.8) is 0 Å². The van der Waals surface area contributed by atoms with Crippen molar-refractivity contribution in [2.24, 2.45) is 0 Å². The van der Waals surface area contributed by atoms with Crippen LogP contribution in [0.3, 0.4) is 0 Å². The van der Waals surface area contributed by atoms with Crippen molar-refractivity contribution in [1.82, 2.24) is 24.9 Å². The molecule has 1 N–H and O–H groups in total. The third-order valence-corrected chi connectivity index (χ3v) is 5.82. The van der Waals surface area contributed by atoms with Crippen molar-refractivity contribution in [3.8, 4) is 5.69 Å². The van der Waals surface area contributed by atoms with Crippen LogP contribution in [-0.4, -0.2) is 55.8 Å². The Labute approximate surface area is 190 Å². The molecule has 3 heterocycles. The molecule has 0 unspecified atom stereocenters. The Morgan fingerprint density at radius 3 is 2.74 bits per heavy atom. The minimum Gasteiger partial charge on any atom is -0.424 e. The summed E-state index contributed by atoms with van der Waals surface area (Å²) in [7, 11) is 0. The highest BCUT2D eigenvalue weighted by atomic mass is 19.3. The number of amides is 1. The molecule has 0 aliphatic carbocycles. The van der Waals surface area contributed by atoms with E-state index in [-0.39, 0.29) is 47.0 Å². The van der Waals surface area contributed by atoms with Gasteiger partial charge in [-0.3, -0.25) is 4.79 Å². The number of oxazole rings is 1. The van der Waals surface area contributed by atoms with Gasteiger partial charge in [0.05, 0.1) is 18.0 Å². The van der Waals surface area contributed by atoms with Crippen LogP contribution >= 0.6 is 0 Å². The van der Waals surface area contributed by atoms with Gasteiger partial charge in [-0.15, -0.1) is 0 Å². The predicted octanol–water partition coefficient (Wildman–Crippen LogP) is 3.96. The third-order valence-electron chi connectivity index (χ3n) is 5.82. The molecule has 1 aliphatic heterocycles. The smallest absolute Gasteiger partial charge is 0.295 e. The SMILES string of the molecule is Cc1c(F)ccc(C(=O)N2CCC(F)(F)[C@H]2CNc2nc3cc(F)ccc3o2)c1-n1nccn1. The lowest BCUT2D eigenvalue weighted by atomic mass is 10.1. The molecular formula is C22H18F4N6O2. The number of hydrogen-bond donors (Lipinski definition) is 1. The van der Waals surface area contributed by atoms with Crippen LogP contribution in [0, 0.1) is 18.6 Å². The average Bonchev–Trinajstić information content (AvgIpc) is 3.52. The van der Waals surface area contributed by atoms with E-state index in [9.17, 15) is 22.4 Å². The molecule has 2 aromatic carbocycles. The number of benzene rings is 2. The Morgan fingerprint density at radius 1 is 1.21 bits per heavy atom. The van der Waals surface area contributed by atoms with Crippen LogP contribution in [0.2, 0.25) is 0 Å².